The van der Waals surface area contributed by atoms with Gasteiger partial charge in [-0.25, -0.2) is 0 Å². The van der Waals surface area contributed by atoms with Gasteiger partial charge in [-0.15, -0.1) is 11.3 Å². The molecule has 0 atom stereocenters. The van der Waals surface area contributed by atoms with Crippen LogP contribution in [0.3, 0.4) is 0 Å². The lowest BCUT2D eigenvalue weighted by Crippen LogP contribution is -2.57. The van der Waals surface area contributed by atoms with Gasteiger partial charge in [0.15, 0.2) is 0 Å². The second-order valence-corrected chi connectivity index (χ2v) is 7.88. The Morgan fingerprint density at radius 1 is 1.38 bits per heavy atom. The lowest BCUT2D eigenvalue weighted by Gasteiger charge is -2.47. The first kappa shape index (κ1) is 17.5. The summed E-state index contributed by atoms with van der Waals surface area (Å²) in [5, 5.41) is 5.82. The minimum atomic E-state index is -0.147. The number of ether oxygens (including phenoxy) is 2. The third-order valence-corrected chi connectivity index (χ3v) is 6.02. The summed E-state index contributed by atoms with van der Waals surface area (Å²) in [6, 6.07) is 5.81. The molecular weight excluding hydrogens is 354 g/mol. The van der Waals surface area contributed by atoms with Crippen LogP contribution in [0.15, 0.2) is 28.1 Å². The number of hydrogen-bond donors (Lipinski definition) is 0. The monoisotopic (exact) mass is 377 g/mol. The van der Waals surface area contributed by atoms with Gasteiger partial charge in [0, 0.05) is 37.6 Å². The summed E-state index contributed by atoms with van der Waals surface area (Å²) >= 11 is 1.80. The van der Waals surface area contributed by atoms with E-state index in [-0.39, 0.29) is 17.3 Å². The van der Waals surface area contributed by atoms with Crippen molar-refractivity contribution < 1.29 is 18.8 Å². The van der Waals surface area contributed by atoms with E-state index >= 15 is 0 Å². The molecule has 8 heteroatoms. The number of likely N-dealkylation sites (tertiary alicyclic amines) is 1. The van der Waals surface area contributed by atoms with Gasteiger partial charge in [-0.1, -0.05) is 6.07 Å². The molecule has 0 bridgehead atoms. The van der Waals surface area contributed by atoms with E-state index in [9.17, 15) is 4.79 Å². The van der Waals surface area contributed by atoms with Gasteiger partial charge in [-0.2, -0.15) is 0 Å². The Morgan fingerprint density at radius 3 is 2.92 bits per heavy atom. The van der Waals surface area contributed by atoms with Crippen LogP contribution in [0.2, 0.25) is 0 Å². The van der Waals surface area contributed by atoms with E-state index in [1.807, 2.05) is 4.90 Å². The maximum absolute atomic E-state index is 12.6. The summed E-state index contributed by atoms with van der Waals surface area (Å²) in [5.74, 6) is 0.408. The van der Waals surface area contributed by atoms with Gasteiger partial charge in [0.2, 0.25) is 5.76 Å². The molecule has 0 unspecified atom stereocenters. The smallest absolute Gasteiger partial charge is 0.292 e. The number of amides is 1. The molecule has 7 nitrogen and oxygen atoms in total. The number of nitrogens with zero attached hydrogens (tertiary/aromatic N) is 3. The van der Waals surface area contributed by atoms with Crippen molar-refractivity contribution in [3.05, 3.63) is 34.2 Å². The van der Waals surface area contributed by atoms with Crippen molar-refractivity contribution in [3.8, 4) is 5.88 Å². The molecule has 1 amide bonds. The van der Waals surface area contributed by atoms with E-state index in [0.717, 1.165) is 39.1 Å². The van der Waals surface area contributed by atoms with Crippen LogP contribution in [0.5, 0.6) is 5.88 Å². The standard InChI is InChI=1S/C18H23N3O4S/c1-23-16-11-15(25-19-16)17(22)21-6-4-18(5-7-21)13-20(8-9-24-18)12-14-3-2-10-26-14/h2-3,10-11H,4-9,12-13H2,1H3. The fourth-order valence-corrected chi connectivity index (χ4v) is 4.46. The summed E-state index contributed by atoms with van der Waals surface area (Å²) in [6.07, 6.45) is 1.68. The van der Waals surface area contributed by atoms with Gasteiger partial charge >= 0.3 is 0 Å². The van der Waals surface area contributed by atoms with Crippen LogP contribution < -0.4 is 4.74 Å². The number of piperidine rings is 1. The number of thiophene rings is 1. The number of morpholine rings is 1. The van der Waals surface area contributed by atoms with E-state index < -0.39 is 0 Å². The molecule has 0 radical (unpaired) electrons. The second-order valence-electron chi connectivity index (χ2n) is 6.85. The predicted octanol–water partition coefficient (Wildman–Crippen LogP) is 2.25. The minimum Gasteiger partial charge on any atom is -0.479 e. The summed E-state index contributed by atoms with van der Waals surface area (Å²) in [5.41, 5.74) is -0.147. The molecule has 2 aromatic heterocycles. The van der Waals surface area contributed by atoms with Gasteiger partial charge in [0.05, 0.1) is 25.4 Å². The molecule has 2 aliphatic rings. The van der Waals surface area contributed by atoms with Crippen molar-refractivity contribution >= 4 is 17.2 Å². The predicted molar refractivity (Wildman–Crippen MR) is 96.5 cm³/mol. The van der Waals surface area contributed by atoms with E-state index in [4.69, 9.17) is 14.0 Å². The van der Waals surface area contributed by atoms with Crippen molar-refractivity contribution in [2.75, 3.05) is 39.9 Å². The average Bonchev–Trinajstić information content (AvgIpc) is 3.33. The summed E-state index contributed by atoms with van der Waals surface area (Å²) in [7, 11) is 1.50. The normalized spacial score (nSPS) is 20.4. The maximum Gasteiger partial charge on any atom is 0.292 e. The van der Waals surface area contributed by atoms with E-state index in [2.05, 4.69) is 27.6 Å². The molecule has 0 saturated carbocycles. The third-order valence-electron chi connectivity index (χ3n) is 5.16. The topological polar surface area (TPSA) is 68.0 Å². The molecule has 4 rings (SSSR count). The maximum atomic E-state index is 12.6. The van der Waals surface area contributed by atoms with E-state index in [1.54, 1.807) is 11.3 Å². The Bertz CT molecular complexity index is 737. The number of methoxy groups -OCH3 is 1. The van der Waals surface area contributed by atoms with Gasteiger partial charge in [0.25, 0.3) is 11.8 Å². The second kappa shape index (κ2) is 7.38. The van der Waals surface area contributed by atoms with Crippen LogP contribution in [0, 0.1) is 0 Å². The first-order chi connectivity index (χ1) is 12.7. The number of aromatic nitrogens is 1. The molecule has 140 valence electrons. The van der Waals surface area contributed by atoms with Gasteiger partial charge < -0.3 is 18.9 Å². The molecule has 0 N–H and O–H groups in total. The molecular formula is C18H23N3O4S. The molecule has 26 heavy (non-hydrogen) atoms. The third kappa shape index (κ3) is 3.62. The summed E-state index contributed by atoms with van der Waals surface area (Å²) in [4.78, 5) is 18.2. The van der Waals surface area contributed by atoms with Crippen molar-refractivity contribution in [1.82, 2.24) is 15.0 Å². The lowest BCUT2D eigenvalue weighted by atomic mass is 9.89. The van der Waals surface area contributed by atoms with Crippen molar-refractivity contribution in [3.63, 3.8) is 0 Å². The quantitative estimate of drug-likeness (QED) is 0.814. The zero-order valence-corrected chi connectivity index (χ0v) is 15.7. The first-order valence-corrected chi connectivity index (χ1v) is 9.74. The van der Waals surface area contributed by atoms with Crippen LogP contribution in [-0.2, 0) is 11.3 Å². The molecule has 2 aliphatic heterocycles. The summed E-state index contributed by atoms with van der Waals surface area (Å²) < 4.78 is 16.2. The highest BCUT2D eigenvalue weighted by atomic mass is 32.1. The zero-order valence-electron chi connectivity index (χ0n) is 14.8. The Balaban J connectivity index is 1.35. The van der Waals surface area contributed by atoms with Gasteiger partial charge in [-0.05, 0) is 29.4 Å². The zero-order chi connectivity index (χ0) is 18.0. The van der Waals surface area contributed by atoms with Crippen LogP contribution >= 0.6 is 11.3 Å². The number of carbonyl (C=O) groups excluding carboxylic acids is 1. The Hall–Kier alpha value is -1.90. The lowest BCUT2D eigenvalue weighted by molar-refractivity contribution is -0.134. The van der Waals surface area contributed by atoms with Crippen molar-refractivity contribution in [2.24, 2.45) is 0 Å². The van der Waals surface area contributed by atoms with Crippen LogP contribution in [-0.4, -0.2) is 66.4 Å². The van der Waals surface area contributed by atoms with E-state index in [0.29, 0.717) is 19.0 Å². The highest BCUT2D eigenvalue weighted by molar-refractivity contribution is 7.09. The molecule has 2 fully saturated rings. The SMILES string of the molecule is COc1cc(C(=O)N2CCC3(CC2)CN(Cc2cccs2)CCO3)on1. The Labute approximate surface area is 156 Å². The number of carbonyl (C=O) groups is 1. The number of hydrogen-bond acceptors (Lipinski definition) is 7. The highest BCUT2D eigenvalue weighted by Crippen LogP contribution is 2.31. The fourth-order valence-electron chi connectivity index (χ4n) is 3.71. The van der Waals surface area contributed by atoms with Gasteiger partial charge in [-0.3, -0.25) is 9.69 Å². The summed E-state index contributed by atoms with van der Waals surface area (Å²) in [6.45, 7) is 4.93. The van der Waals surface area contributed by atoms with Crippen LogP contribution in [0.4, 0.5) is 0 Å². The largest absolute Gasteiger partial charge is 0.479 e. The number of rotatable bonds is 4. The highest BCUT2D eigenvalue weighted by Gasteiger charge is 2.41. The molecule has 0 aromatic carbocycles. The van der Waals surface area contributed by atoms with Crippen molar-refractivity contribution in [2.45, 2.75) is 25.0 Å². The molecule has 2 saturated heterocycles. The van der Waals surface area contributed by atoms with Crippen LogP contribution in [0.25, 0.3) is 0 Å². The molecule has 4 heterocycles. The molecule has 0 aliphatic carbocycles. The first-order valence-electron chi connectivity index (χ1n) is 8.86. The van der Waals surface area contributed by atoms with Gasteiger partial charge in [0.1, 0.15) is 0 Å². The average molecular weight is 377 g/mol. The Kier molecular flexibility index (Phi) is 4.97. The Morgan fingerprint density at radius 2 is 2.23 bits per heavy atom. The van der Waals surface area contributed by atoms with Crippen LogP contribution in [0.1, 0.15) is 28.3 Å². The minimum absolute atomic E-state index is 0.137. The van der Waals surface area contributed by atoms with E-state index in [1.165, 1.54) is 18.1 Å². The van der Waals surface area contributed by atoms with Crippen molar-refractivity contribution in [1.29, 1.82) is 0 Å². The fraction of sp³-hybridized carbons (Fsp3) is 0.556. The molecule has 1 spiro atoms. The molecule has 2 aromatic rings.